The van der Waals surface area contributed by atoms with Gasteiger partial charge in [-0.05, 0) is 43.0 Å². The van der Waals surface area contributed by atoms with E-state index in [1.165, 1.54) is 6.07 Å². The standard InChI is InChI=1S/C14H22BrFN4/c1-10(14-13(16)6-11(15)7-18-14)17-8-12-9-19(2)4-5-20(12)3/h6-7,10,12,17H,4-5,8-9H2,1-3H3. The van der Waals surface area contributed by atoms with Gasteiger partial charge in [0, 0.05) is 48.9 Å². The summed E-state index contributed by atoms with van der Waals surface area (Å²) in [6, 6.07) is 1.82. The summed E-state index contributed by atoms with van der Waals surface area (Å²) < 4.78 is 14.5. The molecule has 20 heavy (non-hydrogen) atoms. The molecule has 6 heteroatoms. The number of pyridine rings is 1. The number of hydrogen-bond donors (Lipinski definition) is 1. The van der Waals surface area contributed by atoms with Gasteiger partial charge < -0.3 is 10.2 Å². The molecular formula is C14H22BrFN4. The van der Waals surface area contributed by atoms with Gasteiger partial charge in [0.2, 0.25) is 0 Å². The number of rotatable bonds is 4. The van der Waals surface area contributed by atoms with Crippen LogP contribution in [0.15, 0.2) is 16.7 Å². The first kappa shape index (κ1) is 15.8. The molecule has 2 heterocycles. The van der Waals surface area contributed by atoms with Crippen molar-refractivity contribution in [1.29, 1.82) is 0 Å². The van der Waals surface area contributed by atoms with Crippen LogP contribution in [0, 0.1) is 5.82 Å². The summed E-state index contributed by atoms with van der Waals surface area (Å²) in [5.41, 5.74) is 0.472. The summed E-state index contributed by atoms with van der Waals surface area (Å²) >= 11 is 3.23. The first-order valence-electron chi connectivity index (χ1n) is 6.90. The van der Waals surface area contributed by atoms with E-state index in [4.69, 9.17) is 0 Å². The predicted octanol–water partition coefficient (Wildman–Crippen LogP) is 1.88. The molecule has 1 N–H and O–H groups in total. The van der Waals surface area contributed by atoms with E-state index in [9.17, 15) is 4.39 Å². The molecule has 0 saturated carbocycles. The van der Waals surface area contributed by atoms with Gasteiger partial charge in [0.25, 0.3) is 0 Å². The highest BCUT2D eigenvalue weighted by Crippen LogP contribution is 2.18. The molecule has 0 aliphatic carbocycles. The van der Waals surface area contributed by atoms with E-state index >= 15 is 0 Å². The molecule has 1 aliphatic rings. The number of nitrogens with one attached hydrogen (secondary N) is 1. The third-order valence-corrected chi connectivity index (χ3v) is 4.32. The second kappa shape index (κ2) is 6.93. The summed E-state index contributed by atoms with van der Waals surface area (Å²) in [7, 11) is 4.28. The zero-order valence-corrected chi connectivity index (χ0v) is 13.8. The molecule has 0 spiro atoms. The summed E-state index contributed by atoms with van der Waals surface area (Å²) in [6.07, 6.45) is 1.64. The third kappa shape index (κ3) is 3.97. The maximum atomic E-state index is 13.9. The zero-order chi connectivity index (χ0) is 14.7. The topological polar surface area (TPSA) is 31.4 Å². The molecule has 0 amide bonds. The largest absolute Gasteiger partial charge is 0.307 e. The van der Waals surface area contributed by atoms with Crippen LogP contribution in [0.1, 0.15) is 18.7 Å². The van der Waals surface area contributed by atoms with E-state index in [1.54, 1.807) is 6.20 Å². The van der Waals surface area contributed by atoms with Gasteiger partial charge >= 0.3 is 0 Å². The molecule has 0 aromatic carbocycles. The van der Waals surface area contributed by atoms with Gasteiger partial charge in [-0.25, -0.2) is 4.39 Å². The maximum absolute atomic E-state index is 13.9. The van der Waals surface area contributed by atoms with E-state index in [0.29, 0.717) is 16.2 Å². The Morgan fingerprint density at radius 1 is 1.50 bits per heavy atom. The SMILES string of the molecule is CC(NCC1CN(C)CCN1C)c1ncc(Br)cc1F. The summed E-state index contributed by atoms with van der Waals surface area (Å²) in [5, 5.41) is 3.39. The van der Waals surface area contributed by atoms with Crippen molar-refractivity contribution in [2.45, 2.75) is 19.0 Å². The minimum Gasteiger partial charge on any atom is -0.307 e. The Morgan fingerprint density at radius 3 is 2.95 bits per heavy atom. The molecule has 1 saturated heterocycles. The van der Waals surface area contributed by atoms with Crippen molar-refractivity contribution in [2.75, 3.05) is 40.3 Å². The van der Waals surface area contributed by atoms with Crippen LogP contribution >= 0.6 is 15.9 Å². The van der Waals surface area contributed by atoms with E-state index in [-0.39, 0.29) is 11.9 Å². The first-order chi connectivity index (χ1) is 9.47. The van der Waals surface area contributed by atoms with E-state index in [2.05, 4.69) is 50.1 Å². The normalized spacial score (nSPS) is 22.9. The molecule has 0 bridgehead atoms. The fourth-order valence-electron chi connectivity index (χ4n) is 2.48. The summed E-state index contributed by atoms with van der Waals surface area (Å²) in [6.45, 7) is 5.99. The number of likely N-dealkylation sites (N-methyl/N-ethyl adjacent to an activating group) is 2. The van der Waals surface area contributed by atoms with Gasteiger partial charge in [-0.15, -0.1) is 0 Å². The second-order valence-corrected chi connectivity index (χ2v) is 6.46. The van der Waals surface area contributed by atoms with Crippen LogP contribution in [0.2, 0.25) is 0 Å². The molecule has 2 unspecified atom stereocenters. The van der Waals surface area contributed by atoms with Gasteiger partial charge in [-0.2, -0.15) is 0 Å². The Labute approximate surface area is 128 Å². The number of aromatic nitrogens is 1. The highest BCUT2D eigenvalue weighted by atomic mass is 79.9. The van der Waals surface area contributed by atoms with Crippen molar-refractivity contribution < 1.29 is 4.39 Å². The molecule has 1 fully saturated rings. The average molecular weight is 345 g/mol. The monoisotopic (exact) mass is 344 g/mol. The number of halogens is 2. The molecule has 2 rings (SSSR count). The molecule has 112 valence electrons. The molecule has 2 atom stereocenters. The lowest BCUT2D eigenvalue weighted by Crippen LogP contribution is -2.54. The maximum Gasteiger partial charge on any atom is 0.147 e. The summed E-state index contributed by atoms with van der Waals surface area (Å²) in [4.78, 5) is 8.85. The van der Waals surface area contributed by atoms with Gasteiger partial charge in [-0.3, -0.25) is 9.88 Å². The molecule has 4 nitrogen and oxygen atoms in total. The van der Waals surface area contributed by atoms with Gasteiger partial charge in [0.15, 0.2) is 0 Å². The Balaban J connectivity index is 1.92. The predicted molar refractivity (Wildman–Crippen MR) is 82.2 cm³/mol. The zero-order valence-electron chi connectivity index (χ0n) is 12.2. The van der Waals surface area contributed by atoms with Crippen LogP contribution in [-0.4, -0.2) is 61.1 Å². The summed E-state index contributed by atoms with van der Waals surface area (Å²) in [5.74, 6) is -0.270. The van der Waals surface area contributed by atoms with Gasteiger partial charge in [0.05, 0.1) is 5.69 Å². The lowest BCUT2D eigenvalue weighted by Gasteiger charge is -2.38. The lowest BCUT2D eigenvalue weighted by molar-refractivity contribution is 0.111. The highest BCUT2D eigenvalue weighted by molar-refractivity contribution is 9.10. The van der Waals surface area contributed by atoms with Crippen molar-refractivity contribution in [1.82, 2.24) is 20.1 Å². The molecule has 0 radical (unpaired) electrons. The van der Waals surface area contributed by atoms with Crippen molar-refractivity contribution in [3.05, 3.63) is 28.2 Å². The highest BCUT2D eigenvalue weighted by Gasteiger charge is 2.23. The lowest BCUT2D eigenvalue weighted by atomic mass is 10.1. The van der Waals surface area contributed by atoms with Crippen LogP contribution < -0.4 is 5.32 Å². The number of piperazine rings is 1. The minimum atomic E-state index is -0.270. The fraction of sp³-hybridized carbons (Fsp3) is 0.643. The first-order valence-corrected chi connectivity index (χ1v) is 7.69. The molecule has 1 aromatic heterocycles. The average Bonchev–Trinajstić information content (AvgIpc) is 2.39. The van der Waals surface area contributed by atoms with Gasteiger partial charge in [-0.1, -0.05) is 0 Å². The van der Waals surface area contributed by atoms with Crippen molar-refractivity contribution >= 4 is 15.9 Å². The Bertz CT molecular complexity index is 457. The van der Waals surface area contributed by atoms with Crippen LogP contribution in [0.3, 0.4) is 0 Å². The number of nitrogens with zero attached hydrogens (tertiary/aromatic N) is 3. The van der Waals surface area contributed by atoms with Crippen LogP contribution in [0.5, 0.6) is 0 Å². The van der Waals surface area contributed by atoms with Crippen molar-refractivity contribution in [2.24, 2.45) is 0 Å². The fourth-order valence-corrected chi connectivity index (χ4v) is 2.78. The van der Waals surface area contributed by atoms with E-state index < -0.39 is 0 Å². The third-order valence-electron chi connectivity index (χ3n) is 3.89. The quantitative estimate of drug-likeness (QED) is 0.903. The number of hydrogen-bond acceptors (Lipinski definition) is 4. The van der Waals surface area contributed by atoms with E-state index in [1.807, 2.05) is 6.92 Å². The Kier molecular flexibility index (Phi) is 5.49. The Hall–Kier alpha value is -0.560. The van der Waals surface area contributed by atoms with Crippen molar-refractivity contribution in [3.63, 3.8) is 0 Å². The Morgan fingerprint density at radius 2 is 2.25 bits per heavy atom. The van der Waals surface area contributed by atoms with Gasteiger partial charge in [0.1, 0.15) is 5.82 Å². The smallest absolute Gasteiger partial charge is 0.147 e. The van der Waals surface area contributed by atoms with Crippen LogP contribution in [-0.2, 0) is 0 Å². The minimum absolute atomic E-state index is 0.0938. The van der Waals surface area contributed by atoms with E-state index in [0.717, 1.165) is 26.2 Å². The molecule has 1 aliphatic heterocycles. The van der Waals surface area contributed by atoms with Crippen LogP contribution in [0.4, 0.5) is 4.39 Å². The van der Waals surface area contributed by atoms with Crippen molar-refractivity contribution in [3.8, 4) is 0 Å². The molecular weight excluding hydrogens is 323 g/mol. The van der Waals surface area contributed by atoms with Crippen LogP contribution in [0.25, 0.3) is 0 Å². The second-order valence-electron chi connectivity index (χ2n) is 5.55. The molecule has 1 aromatic rings.